The zero-order chi connectivity index (χ0) is 13.8. The van der Waals surface area contributed by atoms with Gasteiger partial charge in [0.05, 0.1) is 22.8 Å². The van der Waals surface area contributed by atoms with Crippen LogP contribution in [0, 0.1) is 0 Å². The first kappa shape index (κ1) is 15.0. The number of benzene rings is 1. The first-order valence-electron chi connectivity index (χ1n) is 5.85. The Balaban J connectivity index is 2.20. The van der Waals surface area contributed by atoms with Crippen LogP contribution in [0.15, 0.2) is 16.6 Å². The number of anilines is 1. The van der Waals surface area contributed by atoms with Gasteiger partial charge in [0.1, 0.15) is 0 Å². The Bertz CT molecular complexity index is 481. The second kappa shape index (κ2) is 6.83. The van der Waals surface area contributed by atoms with Crippen LogP contribution in [0.3, 0.4) is 0 Å². The molecule has 1 amide bonds. The molecular formula is C12H14BrClN2O2S. The molecule has 1 saturated heterocycles. The number of amides is 1. The van der Waals surface area contributed by atoms with Gasteiger partial charge in [-0.3, -0.25) is 10.1 Å². The maximum atomic E-state index is 12.1. The largest absolute Gasteiger partial charge is 0.491 e. The van der Waals surface area contributed by atoms with Crippen molar-refractivity contribution in [2.24, 2.45) is 0 Å². The average molecular weight is 366 g/mol. The van der Waals surface area contributed by atoms with Gasteiger partial charge in [0.25, 0.3) is 0 Å². The smallest absolute Gasteiger partial charge is 0.242 e. The molecule has 1 aliphatic rings. The zero-order valence-electron chi connectivity index (χ0n) is 10.3. The van der Waals surface area contributed by atoms with Crippen LogP contribution in [0.1, 0.15) is 6.92 Å². The fourth-order valence-electron chi connectivity index (χ4n) is 1.73. The van der Waals surface area contributed by atoms with E-state index in [0.29, 0.717) is 23.1 Å². The van der Waals surface area contributed by atoms with Crippen LogP contribution in [0.25, 0.3) is 0 Å². The third kappa shape index (κ3) is 3.78. The summed E-state index contributed by atoms with van der Waals surface area (Å²) < 4.78 is 6.27. The lowest BCUT2D eigenvalue weighted by atomic mass is 10.2. The van der Waals surface area contributed by atoms with E-state index in [9.17, 15) is 4.79 Å². The minimum Gasteiger partial charge on any atom is -0.491 e. The maximum Gasteiger partial charge on any atom is 0.242 e. The Hall–Kier alpha value is -0.430. The van der Waals surface area contributed by atoms with Crippen LogP contribution in [0.5, 0.6) is 5.75 Å². The zero-order valence-corrected chi connectivity index (χ0v) is 13.5. The van der Waals surface area contributed by atoms with Gasteiger partial charge in [-0.05, 0) is 35.0 Å². The first-order chi connectivity index (χ1) is 9.11. The van der Waals surface area contributed by atoms with Crippen LogP contribution >= 0.6 is 39.3 Å². The third-order valence-corrected chi connectivity index (χ3v) is 4.33. The van der Waals surface area contributed by atoms with Gasteiger partial charge in [-0.1, -0.05) is 11.6 Å². The molecule has 2 rings (SSSR count). The summed E-state index contributed by atoms with van der Waals surface area (Å²) in [7, 11) is 0. The normalized spacial score (nSPS) is 18.4. The number of ether oxygens (including phenoxy) is 1. The van der Waals surface area contributed by atoms with E-state index in [1.165, 1.54) is 0 Å². The van der Waals surface area contributed by atoms with Crippen molar-refractivity contribution in [3.8, 4) is 5.75 Å². The minimum atomic E-state index is -0.169. The van der Waals surface area contributed by atoms with Crippen LogP contribution in [-0.2, 0) is 4.79 Å². The van der Waals surface area contributed by atoms with Gasteiger partial charge >= 0.3 is 0 Å². The Morgan fingerprint density at radius 1 is 1.68 bits per heavy atom. The maximum absolute atomic E-state index is 12.1. The van der Waals surface area contributed by atoms with E-state index in [-0.39, 0.29) is 11.9 Å². The Morgan fingerprint density at radius 3 is 3.11 bits per heavy atom. The lowest BCUT2D eigenvalue weighted by molar-refractivity contribution is -0.117. The molecule has 0 aromatic heterocycles. The molecule has 2 N–H and O–H groups in total. The highest BCUT2D eigenvalue weighted by atomic mass is 79.9. The van der Waals surface area contributed by atoms with Crippen LogP contribution in [-0.4, -0.2) is 30.2 Å². The molecule has 0 saturated carbocycles. The molecule has 1 aromatic rings. The van der Waals surface area contributed by atoms with Crippen LogP contribution < -0.4 is 15.4 Å². The minimum absolute atomic E-state index is 0.0693. The van der Waals surface area contributed by atoms with Gasteiger partial charge in [-0.2, -0.15) is 0 Å². The second-order valence-electron chi connectivity index (χ2n) is 3.96. The standard InChI is InChI=1S/C12H14BrClN2O2S/c1-2-18-11-8(13)3-7(14)4-9(11)16-12(17)10-5-19-6-15-10/h3-4,10,15H,2,5-6H2,1H3,(H,16,17). The summed E-state index contributed by atoms with van der Waals surface area (Å²) in [6.07, 6.45) is 0. The molecule has 1 atom stereocenters. The summed E-state index contributed by atoms with van der Waals surface area (Å²) in [5, 5.41) is 6.53. The molecule has 1 fully saturated rings. The van der Waals surface area contributed by atoms with Crippen molar-refractivity contribution < 1.29 is 9.53 Å². The van der Waals surface area contributed by atoms with Crippen molar-refractivity contribution in [2.75, 3.05) is 23.6 Å². The number of hydrogen-bond donors (Lipinski definition) is 2. The first-order valence-corrected chi connectivity index (χ1v) is 8.18. The van der Waals surface area contributed by atoms with Crippen molar-refractivity contribution in [1.29, 1.82) is 0 Å². The Morgan fingerprint density at radius 2 is 2.47 bits per heavy atom. The highest BCUT2D eigenvalue weighted by molar-refractivity contribution is 9.10. The van der Waals surface area contributed by atoms with Gasteiger partial charge in [0, 0.05) is 16.7 Å². The number of nitrogens with one attached hydrogen (secondary N) is 2. The van der Waals surface area contributed by atoms with Crippen molar-refractivity contribution >= 4 is 50.9 Å². The Labute approximate surface area is 129 Å². The predicted molar refractivity (Wildman–Crippen MR) is 83.2 cm³/mol. The van der Waals surface area contributed by atoms with Crippen molar-refractivity contribution in [3.63, 3.8) is 0 Å². The quantitative estimate of drug-likeness (QED) is 0.861. The van der Waals surface area contributed by atoms with E-state index in [1.54, 1.807) is 23.9 Å². The molecule has 4 nitrogen and oxygen atoms in total. The predicted octanol–water partition coefficient (Wildman–Crippen LogP) is 3.10. The number of carbonyl (C=O) groups excluding carboxylic acids is 1. The number of halogens is 2. The summed E-state index contributed by atoms with van der Waals surface area (Å²) in [4.78, 5) is 12.1. The van der Waals surface area contributed by atoms with E-state index in [2.05, 4.69) is 26.6 Å². The van der Waals surface area contributed by atoms with Crippen LogP contribution in [0.4, 0.5) is 5.69 Å². The van der Waals surface area contributed by atoms with E-state index in [1.807, 2.05) is 6.92 Å². The monoisotopic (exact) mass is 364 g/mol. The highest BCUT2D eigenvalue weighted by Gasteiger charge is 2.24. The lowest BCUT2D eigenvalue weighted by Gasteiger charge is -2.16. The topological polar surface area (TPSA) is 50.4 Å². The third-order valence-electron chi connectivity index (χ3n) is 2.59. The fraction of sp³-hybridized carbons (Fsp3) is 0.417. The number of carbonyl (C=O) groups is 1. The van der Waals surface area contributed by atoms with E-state index < -0.39 is 0 Å². The number of hydrogen-bond acceptors (Lipinski definition) is 4. The second-order valence-corrected chi connectivity index (χ2v) is 6.28. The summed E-state index contributed by atoms with van der Waals surface area (Å²) in [6, 6.07) is 3.26. The van der Waals surface area contributed by atoms with Gasteiger partial charge < -0.3 is 10.1 Å². The molecule has 1 aliphatic heterocycles. The van der Waals surface area contributed by atoms with Gasteiger partial charge in [-0.15, -0.1) is 11.8 Å². The molecule has 0 bridgehead atoms. The highest BCUT2D eigenvalue weighted by Crippen LogP contribution is 2.36. The molecule has 1 unspecified atom stereocenters. The van der Waals surface area contributed by atoms with E-state index >= 15 is 0 Å². The molecule has 0 radical (unpaired) electrons. The molecule has 104 valence electrons. The molecule has 1 aromatic carbocycles. The molecule has 0 aliphatic carbocycles. The summed E-state index contributed by atoms with van der Waals surface area (Å²) in [6.45, 7) is 2.41. The summed E-state index contributed by atoms with van der Waals surface area (Å²) in [5.41, 5.74) is 0.588. The summed E-state index contributed by atoms with van der Waals surface area (Å²) >= 11 is 11.1. The SMILES string of the molecule is CCOc1c(Br)cc(Cl)cc1NC(=O)C1CSCN1. The van der Waals surface area contributed by atoms with Crippen LogP contribution in [0.2, 0.25) is 5.02 Å². The number of thioether (sulfide) groups is 1. The molecule has 1 heterocycles. The van der Waals surface area contributed by atoms with E-state index in [0.717, 1.165) is 16.1 Å². The van der Waals surface area contributed by atoms with Crippen molar-refractivity contribution in [2.45, 2.75) is 13.0 Å². The fourth-order valence-corrected chi connectivity index (χ4v) is 3.59. The molecule has 0 spiro atoms. The van der Waals surface area contributed by atoms with Gasteiger partial charge in [-0.25, -0.2) is 0 Å². The van der Waals surface area contributed by atoms with E-state index in [4.69, 9.17) is 16.3 Å². The molecule has 19 heavy (non-hydrogen) atoms. The van der Waals surface area contributed by atoms with Crippen molar-refractivity contribution in [3.05, 3.63) is 21.6 Å². The molecular weight excluding hydrogens is 352 g/mol. The van der Waals surface area contributed by atoms with Gasteiger partial charge in [0.2, 0.25) is 5.91 Å². The van der Waals surface area contributed by atoms with Gasteiger partial charge in [0.15, 0.2) is 5.75 Å². The average Bonchev–Trinajstić information content (AvgIpc) is 2.87. The number of rotatable bonds is 4. The lowest BCUT2D eigenvalue weighted by Crippen LogP contribution is -2.37. The van der Waals surface area contributed by atoms with Crippen molar-refractivity contribution in [1.82, 2.24) is 5.32 Å². The molecule has 7 heteroatoms. The summed E-state index contributed by atoms with van der Waals surface area (Å²) in [5.74, 6) is 2.11. The Kier molecular flexibility index (Phi) is 5.38.